The highest BCUT2D eigenvalue weighted by molar-refractivity contribution is 6.30. The van der Waals surface area contributed by atoms with Crippen molar-refractivity contribution >= 4 is 29.1 Å². The van der Waals surface area contributed by atoms with Crippen LogP contribution in [0.4, 0.5) is 5.69 Å². The number of nitrogens with one attached hydrogen (secondary N) is 1. The molecule has 1 aromatic carbocycles. The van der Waals surface area contributed by atoms with Crippen LogP contribution >= 0.6 is 11.6 Å². The molecule has 3 rings (SSSR count). The Morgan fingerprint density at radius 2 is 2.00 bits per heavy atom. The number of benzene rings is 1. The zero-order valence-corrected chi connectivity index (χ0v) is 16.9. The van der Waals surface area contributed by atoms with Crippen molar-refractivity contribution < 1.29 is 9.59 Å². The van der Waals surface area contributed by atoms with Gasteiger partial charge >= 0.3 is 0 Å². The van der Waals surface area contributed by atoms with Crippen LogP contribution in [0, 0.1) is 5.92 Å². The number of anilines is 1. The maximum absolute atomic E-state index is 12.4. The first-order valence-corrected chi connectivity index (χ1v) is 10.5. The number of carbonyl (C=O) groups excluding carboxylic acids is 2. The highest BCUT2D eigenvalue weighted by Gasteiger charge is 2.34. The summed E-state index contributed by atoms with van der Waals surface area (Å²) in [6.45, 7) is 5.76. The van der Waals surface area contributed by atoms with E-state index < -0.39 is 0 Å². The number of hydrogen-bond donors (Lipinski definition) is 1. The van der Waals surface area contributed by atoms with Gasteiger partial charge in [-0.15, -0.1) is 0 Å². The van der Waals surface area contributed by atoms with Gasteiger partial charge in [0.1, 0.15) is 0 Å². The molecule has 0 radical (unpaired) electrons. The number of likely N-dealkylation sites (tertiary alicyclic amines) is 1. The van der Waals surface area contributed by atoms with Gasteiger partial charge in [-0.2, -0.15) is 0 Å². The van der Waals surface area contributed by atoms with Gasteiger partial charge in [-0.05, 0) is 70.0 Å². The van der Waals surface area contributed by atoms with Crippen molar-refractivity contribution in [2.24, 2.45) is 5.92 Å². The highest BCUT2D eigenvalue weighted by Crippen LogP contribution is 2.26. The standard InChI is InChI=1S/C21H30ClN3O2/c1-16-6-2-4-12-24(16)13-5-3-11-23-21(27)17-14-20(26)25(15-17)19-9-7-18(22)8-10-19/h7-10,16-17H,2-6,11-15H2,1H3,(H,23,27). The first-order valence-electron chi connectivity index (χ1n) is 10.1. The summed E-state index contributed by atoms with van der Waals surface area (Å²) < 4.78 is 0. The molecule has 1 N–H and O–H groups in total. The van der Waals surface area contributed by atoms with Crippen molar-refractivity contribution in [1.82, 2.24) is 10.2 Å². The molecule has 0 spiro atoms. The molecule has 2 aliphatic rings. The highest BCUT2D eigenvalue weighted by atomic mass is 35.5. The maximum Gasteiger partial charge on any atom is 0.227 e. The van der Waals surface area contributed by atoms with E-state index in [1.807, 2.05) is 12.1 Å². The fourth-order valence-electron chi connectivity index (χ4n) is 4.04. The van der Waals surface area contributed by atoms with Gasteiger partial charge in [0.15, 0.2) is 0 Å². The predicted octanol–water partition coefficient (Wildman–Crippen LogP) is 3.46. The van der Waals surface area contributed by atoms with Crippen molar-refractivity contribution in [2.75, 3.05) is 31.1 Å². The van der Waals surface area contributed by atoms with Gasteiger partial charge in [0.2, 0.25) is 11.8 Å². The first-order chi connectivity index (χ1) is 13.0. The van der Waals surface area contributed by atoms with E-state index in [2.05, 4.69) is 17.1 Å². The summed E-state index contributed by atoms with van der Waals surface area (Å²) in [6, 6.07) is 7.86. The van der Waals surface area contributed by atoms with Gasteiger partial charge in [0.25, 0.3) is 0 Å². The van der Waals surface area contributed by atoms with E-state index in [1.54, 1.807) is 17.0 Å². The number of amides is 2. The second-order valence-electron chi connectivity index (χ2n) is 7.76. The average molecular weight is 392 g/mol. The molecule has 0 bridgehead atoms. The van der Waals surface area contributed by atoms with E-state index in [1.165, 1.54) is 25.8 Å². The zero-order chi connectivity index (χ0) is 19.2. The third kappa shape index (κ3) is 5.45. The fraction of sp³-hybridized carbons (Fsp3) is 0.619. The minimum atomic E-state index is -0.268. The summed E-state index contributed by atoms with van der Waals surface area (Å²) in [4.78, 5) is 28.9. The predicted molar refractivity (Wildman–Crippen MR) is 109 cm³/mol. The Bertz CT molecular complexity index is 649. The lowest BCUT2D eigenvalue weighted by atomic mass is 10.0. The Balaban J connectivity index is 1.37. The van der Waals surface area contributed by atoms with E-state index in [0.29, 0.717) is 24.2 Å². The summed E-state index contributed by atoms with van der Waals surface area (Å²) in [5.74, 6) is -0.280. The SMILES string of the molecule is CC1CCCCN1CCCCNC(=O)C1CC(=O)N(c2ccc(Cl)cc2)C1. The maximum atomic E-state index is 12.4. The van der Waals surface area contributed by atoms with E-state index in [0.717, 1.165) is 25.1 Å². The molecule has 27 heavy (non-hydrogen) atoms. The van der Waals surface area contributed by atoms with Gasteiger partial charge in [-0.3, -0.25) is 9.59 Å². The Hall–Kier alpha value is -1.59. The van der Waals surface area contributed by atoms with Gasteiger partial charge in [-0.1, -0.05) is 18.0 Å². The number of halogens is 1. The Labute approximate surface area is 167 Å². The molecular weight excluding hydrogens is 362 g/mol. The number of unbranched alkanes of at least 4 members (excludes halogenated alkanes) is 1. The van der Waals surface area contributed by atoms with E-state index in [-0.39, 0.29) is 24.2 Å². The lowest BCUT2D eigenvalue weighted by Crippen LogP contribution is -2.38. The molecule has 2 atom stereocenters. The molecule has 0 saturated carbocycles. The Morgan fingerprint density at radius 1 is 1.22 bits per heavy atom. The van der Waals surface area contributed by atoms with E-state index in [4.69, 9.17) is 11.6 Å². The van der Waals surface area contributed by atoms with Crippen LogP contribution in [0.15, 0.2) is 24.3 Å². The molecule has 5 nitrogen and oxygen atoms in total. The van der Waals surface area contributed by atoms with Gasteiger partial charge in [0.05, 0.1) is 5.92 Å². The van der Waals surface area contributed by atoms with Gasteiger partial charge in [-0.25, -0.2) is 0 Å². The molecule has 2 amide bonds. The Morgan fingerprint density at radius 3 is 2.74 bits per heavy atom. The molecule has 2 aliphatic heterocycles. The van der Waals surface area contributed by atoms with E-state index in [9.17, 15) is 9.59 Å². The fourth-order valence-corrected chi connectivity index (χ4v) is 4.17. The van der Waals surface area contributed by atoms with Crippen molar-refractivity contribution in [1.29, 1.82) is 0 Å². The molecule has 2 saturated heterocycles. The van der Waals surface area contributed by atoms with Crippen molar-refractivity contribution in [3.63, 3.8) is 0 Å². The minimum Gasteiger partial charge on any atom is -0.356 e. The molecule has 0 aromatic heterocycles. The number of rotatable bonds is 7. The van der Waals surface area contributed by atoms with Crippen LogP contribution in [0.2, 0.25) is 5.02 Å². The normalized spacial score (nSPS) is 23.6. The number of hydrogen-bond acceptors (Lipinski definition) is 3. The van der Waals surface area contributed by atoms with Crippen LogP contribution in [0.3, 0.4) is 0 Å². The third-order valence-corrected chi connectivity index (χ3v) is 6.00. The van der Waals surface area contributed by atoms with Crippen LogP contribution in [-0.2, 0) is 9.59 Å². The van der Waals surface area contributed by atoms with Crippen LogP contribution < -0.4 is 10.2 Å². The number of carbonyl (C=O) groups is 2. The van der Waals surface area contributed by atoms with E-state index >= 15 is 0 Å². The molecule has 0 aliphatic carbocycles. The average Bonchev–Trinajstić information content (AvgIpc) is 3.05. The number of piperidine rings is 1. The van der Waals surface area contributed by atoms with Crippen molar-refractivity contribution in [3.05, 3.63) is 29.3 Å². The topological polar surface area (TPSA) is 52.7 Å². The van der Waals surface area contributed by atoms with Crippen LogP contribution in [0.25, 0.3) is 0 Å². The molecule has 2 unspecified atom stereocenters. The summed E-state index contributed by atoms with van der Waals surface area (Å²) in [7, 11) is 0. The zero-order valence-electron chi connectivity index (χ0n) is 16.1. The van der Waals surface area contributed by atoms with Crippen molar-refractivity contribution in [3.8, 4) is 0 Å². The lowest BCUT2D eigenvalue weighted by molar-refractivity contribution is -0.126. The number of nitrogens with zero attached hydrogens (tertiary/aromatic N) is 2. The quantitative estimate of drug-likeness (QED) is 0.724. The summed E-state index contributed by atoms with van der Waals surface area (Å²) in [6.07, 6.45) is 6.32. The minimum absolute atomic E-state index is 0.00319. The third-order valence-electron chi connectivity index (χ3n) is 5.75. The summed E-state index contributed by atoms with van der Waals surface area (Å²) >= 11 is 5.90. The molecular formula is C21H30ClN3O2. The van der Waals surface area contributed by atoms with Crippen LogP contribution in [0.1, 0.15) is 45.4 Å². The monoisotopic (exact) mass is 391 g/mol. The van der Waals surface area contributed by atoms with Gasteiger partial charge in [0, 0.05) is 36.3 Å². The molecule has 6 heteroatoms. The largest absolute Gasteiger partial charge is 0.356 e. The smallest absolute Gasteiger partial charge is 0.227 e. The van der Waals surface area contributed by atoms with Crippen LogP contribution in [0.5, 0.6) is 0 Å². The lowest BCUT2D eigenvalue weighted by Gasteiger charge is -2.33. The second kappa shape index (κ2) is 9.56. The van der Waals surface area contributed by atoms with Crippen molar-refractivity contribution in [2.45, 2.75) is 51.5 Å². The molecule has 148 valence electrons. The first kappa shape index (κ1) is 20.2. The summed E-state index contributed by atoms with van der Waals surface area (Å²) in [5.41, 5.74) is 0.801. The van der Waals surface area contributed by atoms with Crippen LogP contribution in [-0.4, -0.2) is 48.9 Å². The summed E-state index contributed by atoms with van der Waals surface area (Å²) in [5, 5.41) is 3.66. The molecule has 2 fully saturated rings. The molecule has 2 heterocycles. The molecule has 1 aromatic rings. The Kier molecular flexibility index (Phi) is 7.13. The second-order valence-corrected chi connectivity index (χ2v) is 8.20. The van der Waals surface area contributed by atoms with Gasteiger partial charge < -0.3 is 15.1 Å².